The molecule has 72 valence electrons. The molecule has 0 aromatic carbocycles. The summed E-state index contributed by atoms with van der Waals surface area (Å²) in [5, 5.41) is 0. The Bertz CT molecular complexity index is 232. The number of rotatable bonds is 1. The predicted molar refractivity (Wildman–Crippen MR) is 50.1 cm³/mol. The van der Waals surface area contributed by atoms with Crippen LogP contribution in [0.1, 0.15) is 32.6 Å². The van der Waals surface area contributed by atoms with Crippen LogP contribution in [0.5, 0.6) is 0 Å². The van der Waals surface area contributed by atoms with E-state index in [0.717, 1.165) is 24.7 Å². The molecule has 2 aliphatic rings. The highest BCUT2D eigenvalue weighted by atomic mass is 16.5. The van der Waals surface area contributed by atoms with Crippen molar-refractivity contribution in [2.24, 2.45) is 11.8 Å². The van der Waals surface area contributed by atoms with Crippen molar-refractivity contribution >= 4 is 5.97 Å². The standard InChI is InChI=1S/C11H16O2/c1-8(12)13-11-6-5-9-3-2-4-10(9)7-11/h2-3,9-11H,4-7H2,1H3. The van der Waals surface area contributed by atoms with Gasteiger partial charge < -0.3 is 4.74 Å². The lowest BCUT2D eigenvalue weighted by Crippen LogP contribution is -2.28. The topological polar surface area (TPSA) is 26.3 Å². The monoisotopic (exact) mass is 180 g/mol. The van der Waals surface area contributed by atoms with Crippen LogP contribution in [0.15, 0.2) is 12.2 Å². The van der Waals surface area contributed by atoms with Gasteiger partial charge in [0, 0.05) is 6.92 Å². The van der Waals surface area contributed by atoms with Crippen LogP contribution in [0.2, 0.25) is 0 Å². The largest absolute Gasteiger partial charge is 0.463 e. The van der Waals surface area contributed by atoms with E-state index in [2.05, 4.69) is 12.2 Å². The third-order valence-corrected chi connectivity index (χ3v) is 3.15. The first kappa shape index (κ1) is 8.79. The molecule has 0 radical (unpaired) electrons. The predicted octanol–water partition coefficient (Wildman–Crippen LogP) is 2.29. The van der Waals surface area contributed by atoms with Gasteiger partial charge in [-0.25, -0.2) is 0 Å². The lowest BCUT2D eigenvalue weighted by Gasteiger charge is -2.30. The molecule has 0 bridgehead atoms. The number of esters is 1. The third kappa shape index (κ3) is 1.93. The van der Waals surface area contributed by atoms with E-state index in [-0.39, 0.29) is 12.1 Å². The lowest BCUT2D eigenvalue weighted by atomic mass is 9.80. The molecule has 3 unspecified atom stereocenters. The highest BCUT2D eigenvalue weighted by molar-refractivity contribution is 5.66. The van der Waals surface area contributed by atoms with Crippen molar-refractivity contribution in [2.45, 2.75) is 38.7 Å². The molecule has 2 rings (SSSR count). The quantitative estimate of drug-likeness (QED) is 0.457. The van der Waals surface area contributed by atoms with Gasteiger partial charge in [-0.05, 0) is 37.5 Å². The van der Waals surface area contributed by atoms with Gasteiger partial charge in [-0.3, -0.25) is 4.79 Å². The van der Waals surface area contributed by atoms with Crippen LogP contribution in [0.3, 0.4) is 0 Å². The van der Waals surface area contributed by atoms with Crippen LogP contribution in [0.4, 0.5) is 0 Å². The molecule has 2 nitrogen and oxygen atoms in total. The first-order valence-electron chi connectivity index (χ1n) is 5.09. The van der Waals surface area contributed by atoms with Crippen LogP contribution in [-0.4, -0.2) is 12.1 Å². The van der Waals surface area contributed by atoms with E-state index in [0.29, 0.717) is 0 Å². The van der Waals surface area contributed by atoms with E-state index in [9.17, 15) is 4.79 Å². The Morgan fingerprint density at radius 3 is 3.08 bits per heavy atom. The van der Waals surface area contributed by atoms with Crippen molar-refractivity contribution < 1.29 is 9.53 Å². The molecule has 0 amide bonds. The molecule has 13 heavy (non-hydrogen) atoms. The number of allylic oxidation sites excluding steroid dienone is 2. The normalized spacial score (nSPS) is 37.2. The first-order valence-corrected chi connectivity index (χ1v) is 5.09. The number of carbonyl (C=O) groups is 1. The van der Waals surface area contributed by atoms with E-state index in [1.807, 2.05) is 0 Å². The van der Waals surface area contributed by atoms with Crippen LogP contribution >= 0.6 is 0 Å². The molecular weight excluding hydrogens is 164 g/mol. The van der Waals surface area contributed by atoms with Crippen LogP contribution in [-0.2, 0) is 9.53 Å². The smallest absolute Gasteiger partial charge is 0.302 e. The average molecular weight is 180 g/mol. The molecule has 2 heteroatoms. The molecule has 2 aliphatic carbocycles. The van der Waals surface area contributed by atoms with E-state index >= 15 is 0 Å². The fourth-order valence-corrected chi connectivity index (χ4v) is 2.54. The van der Waals surface area contributed by atoms with Gasteiger partial charge in [-0.1, -0.05) is 12.2 Å². The number of carbonyl (C=O) groups excluding carboxylic acids is 1. The number of fused-ring (bicyclic) bond motifs is 1. The fourth-order valence-electron chi connectivity index (χ4n) is 2.54. The summed E-state index contributed by atoms with van der Waals surface area (Å²) < 4.78 is 5.23. The van der Waals surface area contributed by atoms with E-state index in [1.54, 1.807) is 0 Å². The fraction of sp³-hybridized carbons (Fsp3) is 0.727. The number of hydrogen-bond donors (Lipinski definition) is 0. The maximum atomic E-state index is 10.8. The first-order chi connectivity index (χ1) is 6.25. The van der Waals surface area contributed by atoms with Gasteiger partial charge in [0.15, 0.2) is 0 Å². The zero-order valence-electron chi connectivity index (χ0n) is 8.03. The van der Waals surface area contributed by atoms with Gasteiger partial charge in [-0.2, -0.15) is 0 Å². The average Bonchev–Trinajstić information content (AvgIpc) is 2.49. The Morgan fingerprint density at radius 2 is 2.31 bits per heavy atom. The summed E-state index contributed by atoms with van der Waals surface area (Å²) in [7, 11) is 0. The van der Waals surface area contributed by atoms with E-state index < -0.39 is 0 Å². The van der Waals surface area contributed by atoms with Crippen LogP contribution in [0.25, 0.3) is 0 Å². The molecule has 0 N–H and O–H groups in total. The molecule has 1 saturated carbocycles. The summed E-state index contributed by atoms with van der Waals surface area (Å²) in [6.45, 7) is 1.50. The van der Waals surface area contributed by atoms with Crippen molar-refractivity contribution in [3.63, 3.8) is 0 Å². The summed E-state index contributed by atoms with van der Waals surface area (Å²) in [4.78, 5) is 10.8. The Morgan fingerprint density at radius 1 is 1.46 bits per heavy atom. The maximum absolute atomic E-state index is 10.8. The van der Waals surface area contributed by atoms with Gasteiger partial charge in [0.05, 0.1) is 0 Å². The molecule has 0 saturated heterocycles. The molecule has 0 aromatic heterocycles. The summed E-state index contributed by atoms with van der Waals surface area (Å²) in [6, 6.07) is 0. The Hall–Kier alpha value is -0.790. The molecular formula is C11H16O2. The molecule has 0 aliphatic heterocycles. The summed E-state index contributed by atoms with van der Waals surface area (Å²) in [5.74, 6) is 1.39. The molecule has 1 fully saturated rings. The van der Waals surface area contributed by atoms with Crippen molar-refractivity contribution in [2.75, 3.05) is 0 Å². The second-order valence-corrected chi connectivity index (χ2v) is 4.13. The zero-order chi connectivity index (χ0) is 9.26. The van der Waals surface area contributed by atoms with Crippen LogP contribution in [0, 0.1) is 11.8 Å². The van der Waals surface area contributed by atoms with Gasteiger partial charge in [-0.15, -0.1) is 0 Å². The van der Waals surface area contributed by atoms with Crippen molar-refractivity contribution in [3.05, 3.63) is 12.2 Å². The molecule has 0 aromatic rings. The maximum Gasteiger partial charge on any atom is 0.302 e. The molecule has 0 heterocycles. The number of ether oxygens (including phenoxy) is 1. The minimum Gasteiger partial charge on any atom is -0.463 e. The summed E-state index contributed by atoms with van der Waals surface area (Å²) in [5.41, 5.74) is 0. The SMILES string of the molecule is CC(=O)OC1CCC2C=CCC2C1. The molecule has 0 spiro atoms. The molecule has 3 atom stereocenters. The summed E-state index contributed by atoms with van der Waals surface area (Å²) in [6.07, 6.45) is 9.28. The van der Waals surface area contributed by atoms with Gasteiger partial charge in [0.1, 0.15) is 6.10 Å². The Balaban J connectivity index is 1.88. The van der Waals surface area contributed by atoms with Crippen LogP contribution < -0.4 is 0 Å². The van der Waals surface area contributed by atoms with E-state index in [1.165, 1.54) is 19.8 Å². The lowest BCUT2D eigenvalue weighted by molar-refractivity contribution is -0.148. The van der Waals surface area contributed by atoms with Gasteiger partial charge in [0.2, 0.25) is 0 Å². The minimum atomic E-state index is -0.130. The second-order valence-electron chi connectivity index (χ2n) is 4.13. The zero-order valence-corrected chi connectivity index (χ0v) is 8.03. The van der Waals surface area contributed by atoms with Gasteiger partial charge >= 0.3 is 5.97 Å². The third-order valence-electron chi connectivity index (χ3n) is 3.15. The summed E-state index contributed by atoms with van der Waals surface area (Å²) >= 11 is 0. The second kappa shape index (κ2) is 3.52. The highest BCUT2D eigenvalue weighted by Crippen LogP contribution is 2.38. The number of hydrogen-bond acceptors (Lipinski definition) is 2. The Labute approximate surface area is 79.0 Å². The van der Waals surface area contributed by atoms with Crippen molar-refractivity contribution in [3.8, 4) is 0 Å². The van der Waals surface area contributed by atoms with Crippen molar-refractivity contribution in [1.82, 2.24) is 0 Å². The minimum absolute atomic E-state index is 0.130. The highest BCUT2D eigenvalue weighted by Gasteiger charge is 2.32. The van der Waals surface area contributed by atoms with Gasteiger partial charge in [0.25, 0.3) is 0 Å². The van der Waals surface area contributed by atoms with E-state index in [4.69, 9.17) is 4.74 Å². The van der Waals surface area contributed by atoms with Crippen molar-refractivity contribution in [1.29, 1.82) is 0 Å². The Kier molecular flexibility index (Phi) is 2.38.